The number of rotatable bonds is 3. The van der Waals surface area contributed by atoms with Gasteiger partial charge < -0.3 is 5.11 Å². The van der Waals surface area contributed by atoms with E-state index in [1.54, 1.807) is 0 Å². The zero-order chi connectivity index (χ0) is 12.8. The third kappa shape index (κ3) is 4.00. The lowest BCUT2D eigenvalue weighted by atomic mass is 10.1. The predicted molar refractivity (Wildman–Crippen MR) is 71.3 cm³/mol. The second-order valence-corrected chi connectivity index (χ2v) is 4.79. The first-order valence-electron chi connectivity index (χ1n) is 6.43. The molecule has 1 fully saturated rings. The highest BCUT2D eigenvalue weighted by Gasteiger charge is 2.13. The molecular weight excluding hydrogens is 226 g/mol. The summed E-state index contributed by atoms with van der Waals surface area (Å²) >= 11 is 0. The van der Waals surface area contributed by atoms with Crippen molar-refractivity contribution in [3.8, 4) is 0 Å². The molecule has 1 aliphatic rings. The Labute approximate surface area is 108 Å². The van der Waals surface area contributed by atoms with Gasteiger partial charge in [0.2, 0.25) is 0 Å². The van der Waals surface area contributed by atoms with Gasteiger partial charge in [-0.15, -0.1) is 0 Å². The van der Waals surface area contributed by atoms with Gasteiger partial charge in [0, 0.05) is 19.2 Å². The summed E-state index contributed by atoms with van der Waals surface area (Å²) in [5.41, 5.74) is 2.32. The molecule has 0 unspecified atom stereocenters. The van der Waals surface area contributed by atoms with Crippen molar-refractivity contribution in [3.63, 3.8) is 0 Å². The second kappa shape index (κ2) is 6.36. The summed E-state index contributed by atoms with van der Waals surface area (Å²) in [5.74, 6) is -0.827. The van der Waals surface area contributed by atoms with E-state index in [1.807, 2.05) is 18.2 Å². The standard InChI is InChI=1S/C15H19NO2/c17-15(18)10-14-8-4-5-9-16(12-14)11-13-6-2-1-3-7-13/h1-3,6-7,10H,4-5,8-9,11-12H2,(H,17,18)/b14-10-. The number of hydrogen-bond acceptors (Lipinski definition) is 2. The summed E-state index contributed by atoms with van der Waals surface area (Å²) in [6, 6.07) is 10.3. The SMILES string of the molecule is O=C(O)/C=C1/CCCCN(Cc2ccccc2)C1. The first-order chi connectivity index (χ1) is 8.74. The quantitative estimate of drug-likeness (QED) is 0.832. The molecule has 0 saturated carbocycles. The van der Waals surface area contributed by atoms with Crippen LogP contribution in [0.1, 0.15) is 24.8 Å². The molecule has 1 aromatic rings. The number of hydrogen-bond donors (Lipinski definition) is 1. The number of nitrogens with zero attached hydrogens (tertiary/aromatic N) is 1. The van der Waals surface area contributed by atoms with Crippen molar-refractivity contribution in [2.75, 3.05) is 13.1 Å². The third-order valence-electron chi connectivity index (χ3n) is 3.23. The molecule has 1 aliphatic heterocycles. The van der Waals surface area contributed by atoms with E-state index in [0.29, 0.717) is 0 Å². The number of benzene rings is 1. The maximum atomic E-state index is 10.7. The van der Waals surface area contributed by atoms with E-state index in [9.17, 15) is 4.79 Å². The Morgan fingerprint density at radius 3 is 2.78 bits per heavy atom. The van der Waals surface area contributed by atoms with E-state index in [1.165, 1.54) is 11.6 Å². The number of carboxylic acids is 1. The van der Waals surface area contributed by atoms with Gasteiger partial charge in [0.15, 0.2) is 0 Å². The average molecular weight is 245 g/mol. The normalized spacial score (nSPS) is 19.7. The van der Waals surface area contributed by atoms with Crippen molar-refractivity contribution < 1.29 is 9.90 Å². The summed E-state index contributed by atoms with van der Waals surface area (Å²) in [4.78, 5) is 13.1. The molecule has 2 rings (SSSR count). The van der Waals surface area contributed by atoms with Gasteiger partial charge in [0.05, 0.1) is 0 Å². The lowest BCUT2D eigenvalue weighted by molar-refractivity contribution is -0.131. The first kappa shape index (κ1) is 12.8. The van der Waals surface area contributed by atoms with Crippen molar-refractivity contribution in [2.45, 2.75) is 25.8 Å². The van der Waals surface area contributed by atoms with Crippen molar-refractivity contribution in [3.05, 3.63) is 47.5 Å². The summed E-state index contributed by atoms with van der Waals surface area (Å²) in [7, 11) is 0. The number of likely N-dealkylation sites (tertiary alicyclic amines) is 1. The highest BCUT2D eigenvalue weighted by molar-refractivity contribution is 5.80. The van der Waals surface area contributed by atoms with Crippen LogP contribution in [0.3, 0.4) is 0 Å². The Kier molecular flexibility index (Phi) is 4.53. The fourth-order valence-corrected chi connectivity index (χ4v) is 2.40. The summed E-state index contributed by atoms with van der Waals surface area (Å²) in [6.45, 7) is 2.73. The van der Waals surface area contributed by atoms with Crippen LogP contribution in [-0.4, -0.2) is 29.1 Å². The zero-order valence-electron chi connectivity index (χ0n) is 10.5. The summed E-state index contributed by atoms with van der Waals surface area (Å²) in [5, 5.41) is 8.84. The highest BCUT2D eigenvalue weighted by Crippen LogP contribution is 2.17. The minimum Gasteiger partial charge on any atom is -0.478 e. The summed E-state index contributed by atoms with van der Waals surface area (Å²) < 4.78 is 0. The van der Waals surface area contributed by atoms with Crippen LogP contribution in [0, 0.1) is 0 Å². The molecule has 0 spiro atoms. The van der Waals surface area contributed by atoms with E-state index in [4.69, 9.17) is 5.11 Å². The molecule has 0 aromatic heterocycles. The Morgan fingerprint density at radius 1 is 1.28 bits per heavy atom. The molecule has 3 heteroatoms. The first-order valence-corrected chi connectivity index (χ1v) is 6.43. The molecular formula is C15H19NO2. The van der Waals surface area contributed by atoms with Crippen molar-refractivity contribution in [1.82, 2.24) is 4.90 Å². The number of carbonyl (C=O) groups is 1. The lowest BCUT2D eigenvalue weighted by Gasteiger charge is -2.20. The largest absolute Gasteiger partial charge is 0.478 e. The van der Waals surface area contributed by atoms with Crippen LogP contribution in [0.4, 0.5) is 0 Å². The van der Waals surface area contributed by atoms with Gasteiger partial charge in [-0.2, -0.15) is 0 Å². The second-order valence-electron chi connectivity index (χ2n) is 4.79. The molecule has 1 heterocycles. The smallest absolute Gasteiger partial charge is 0.328 e. The predicted octanol–water partition coefficient (Wildman–Crippen LogP) is 2.68. The van der Waals surface area contributed by atoms with E-state index in [0.717, 1.165) is 44.5 Å². The van der Waals surface area contributed by atoms with Crippen LogP contribution in [0.25, 0.3) is 0 Å². The molecule has 1 N–H and O–H groups in total. The molecule has 3 nitrogen and oxygen atoms in total. The molecule has 96 valence electrons. The molecule has 0 amide bonds. The van der Waals surface area contributed by atoms with Crippen LogP contribution in [0.15, 0.2) is 42.0 Å². The minimum absolute atomic E-state index is 0.779. The maximum absolute atomic E-state index is 10.7. The minimum atomic E-state index is -0.827. The Morgan fingerprint density at radius 2 is 2.06 bits per heavy atom. The van der Waals surface area contributed by atoms with Gasteiger partial charge in [-0.05, 0) is 36.9 Å². The molecule has 0 radical (unpaired) electrons. The van der Waals surface area contributed by atoms with Crippen LogP contribution >= 0.6 is 0 Å². The lowest BCUT2D eigenvalue weighted by Crippen LogP contribution is -2.25. The highest BCUT2D eigenvalue weighted by atomic mass is 16.4. The van der Waals surface area contributed by atoms with E-state index in [2.05, 4.69) is 17.0 Å². The van der Waals surface area contributed by atoms with E-state index < -0.39 is 5.97 Å². The molecule has 18 heavy (non-hydrogen) atoms. The van der Waals surface area contributed by atoms with Crippen molar-refractivity contribution in [2.24, 2.45) is 0 Å². The molecule has 0 bridgehead atoms. The van der Waals surface area contributed by atoms with Gasteiger partial charge in [-0.1, -0.05) is 30.3 Å². The Bertz CT molecular complexity index is 425. The van der Waals surface area contributed by atoms with Gasteiger partial charge in [0.25, 0.3) is 0 Å². The molecule has 1 aromatic carbocycles. The van der Waals surface area contributed by atoms with Gasteiger partial charge in [-0.25, -0.2) is 4.79 Å². The fraction of sp³-hybridized carbons (Fsp3) is 0.400. The van der Waals surface area contributed by atoms with E-state index >= 15 is 0 Å². The van der Waals surface area contributed by atoms with Crippen LogP contribution in [0.5, 0.6) is 0 Å². The topological polar surface area (TPSA) is 40.5 Å². The molecule has 0 aliphatic carbocycles. The van der Waals surface area contributed by atoms with Crippen molar-refractivity contribution >= 4 is 5.97 Å². The average Bonchev–Trinajstić information content (AvgIpc) is 2.55. The van der Waals surface area contributed by atoms with Gasteiger partial charge in [-0.3, -0.25) is 4.90 Å². The molecule has 0 atom stereocenters. The third-order valence-corrected chi connectivity index (χ3v) is 3.23. The van der Waals surface area contributed by atoms with E-state index in [-0.39, 0.29) is 0 Å². The van der Waals surface area contributed by atoms with Crippen LogP contribution in [0.2, 0.25) is 0 Å². The Balaban J connectivity index is 2.01. The number of carboxylic acid groups (broad SMARTS) is 1. The molecule has 1 saturated heterocycles. The van der Waals surface area contributed by atoms with Gasteiger partial charge >= 0.3 is 5.97 Å². The number of aliphatic carboxylic acids is 1. The summed E-state index contributed by atoms with van der Waals surface area (Å²) in [6.07, 6.45) is 4.52. The monoisotopic (exact) mass is 245 g/mol. The van der Waals surface area contributed by atoms with Crippen molar-refractivity contribution in [1.29, 1.82) is 0 Å². The fourth-order valence-electron chi connectivity index (χ4n) is 2.40. The van der Waals surface area contributed by atoms with Gasteiger partial charge in [0.1, 0.15) is 0 Å². The Hall–Kier alpha value is -1.61. The van der Waals surface area contributed by atoms with Crippen LogP contribution in [-0.2, 0) is 11.3 Å². The maximum Gasteiger partial charge on any atom is 0.328 e. The zero-order valence-corrected chi connectivity index (χ0v) is 10.5. The van der Waals surface area contributed by atoms with Crippen LogP contribution < -0.4 is 0 Å².